The molecule has 5 nitrogen and oxygen atoms in total. The summed E-state index contributed by atoms with van der Waals surface area (Å²) in [5, 5.41) is 0. The molecule has 0 spiro atoms. The number of hydrogen-bond donors (Lipinski definition) is 0. The number of ether oxygens (including phenoxy) is 3. The van der Waals surface area contributed by atoms with E-state index < -0.39 is 0 Å². The topological polar surface area (TPSA) is 57.7 Å². The van der Waals surface area contributed by atoms with Gasteiger partial charge in [-0.05, 0) is 43.2 Å². The van der Waals surface area contributed by atoms with Gasteiger partial charge in [0, 0.05) is 11.8 Å². The lowest BCUT2D eigenvalue weighted by Gasteiger charge is -2.14. The summed E-state index contributed by atoms with van der Waals surface area (Å²) < 4.78 is 15.8. The summed E-state index contributed by atoms with van der Waals surface area (Å²) in [4.78, 5) is 16.9. The van der Waals surface area contributed by atoms with Gasteiger partial charge in [0.15, 0.2) is 11.5 Å². The number of benzene rings is 1. The monoisotopic (exact) mass is 301 g/mol. The maximum absolute atomic E-state index is 12.7. The zero-order valence-corrected chi connectivity index (χ0v) is 13.4. The summed E-state index contributed by atoms with van der Waals surface area (Å²) in [6.07, 6.45) is 1.63. The molecule has 1 heterocycles. The number of hydrogen-bond acceptors (Lipinski definition) is 5. The molecule has 0 aliphatic rings. The number of rotatable bonds is 5. The number of carbonyl (C=O) groups excluding carboxylic acids is 1. The molecule has 0 bridgehead atoms. The molecule has 0 fully saturated rings. The van der Waals surface area contributed by atoms with Crippen LogP contribution in [0.1, 0.15) is 27.2 Å². The Bertz CT molecular complexity index is 685. The van der Waals surface area contributed by atoms with Gasteiger partial charge in [0.1, 0.15) is 5.69 Å². The Labute approximate surface area is 129 Å². The van der Waals surface area contributed by atoms with Crippen molar-refractivity contribution < 1.29 is 19.0 Å². The summed E-state index contributed by atoms with van der Waals surface area (Å²) >= 11 is 0. The zero-order valence-electron chi connectivity index (χ0n) is 13.4. The van der Waals surface area contributed by atoms with Gasteiger partial charge in [-0.25, -0.2) is 0 Å². The van der Waals surface area contributed by atoms with E-state index in [2.05, 4.69) is 4.98 Å². The first kappa shape index (κ1) is 15.8. The van der Waals surface area contributed by atoms with Crippen molar-refractivity contribution in [3.05, 3.63) is 46.8 Å². The third-order valence-electron chi connectivity index (χ3n) is 3.62. The molecule has 0 N–H and O–H groups in total. The van der Waals surface area contributed by atoms with E-state index in [0.29, 0.717) is 28.5 Å². The maximum atomic E-state index is 12.7. The largest absolute Gasteiger partial charge is 0.493 e. The molecule has 116 valence electrons. The van der Waals surface area contributed by atoms with E-state index >= 15 is 0 Å². The summed E-state index contributed by atoms with van der Waals surface area (Å²) in [7, 11) is 4.55. The summed E-state index contributed by atoms with van der Waals surface area (Å²) in [6, 6.07) is 5.14. The van der Waals surface area contributed by atoms with Crippen LogP contribution in [0.15, 0.2) is 24.4 Å². The van der Waals surface area contributed by atoms with Crippen molar-refractivity contribution in [2.24, 2.45) is 0 Å². The Kier molecular flexibility index (Phi) is 4.65. The van der Waals surface area contributed by atoms with Crippen LogP contribution >= 0.6 is 0 Å². The first-order valence-corrected chi connectivity index (χ1v) is 6.80. The summed E-state index contributed by atoms with van der Waals surface area (Å²) in [5.74, 6) is 1.15. The molecule has 0 aliphatic carbocycles. The van der Waals surface area contributed by atoms with E-state index in [1.807, 2.05) is 19.9 Å². The molecular weight excluding hydrogens is 282 g/mol. The van der Waals surface area contributed by atoms with Gasteiger partial charge < -0.3 is 14.2 Å². The van der Waals surface area contributed by atoms with Crippen molar-refractivity contribution in [1.29, 1.82) is 0 Å². The highest BCUT2D eigenvalue weighted by atomic mass is 16.5. The van der Waals surface area contributed by atoms with Gasteiger partial charge >= 0.3 is 0 Å². The van der Waals surface area contributed by atoms with Gasteiger partial charge in [0.2, 0.25) is 11.5 Å². The fraction of sp³-hybridized carbons (Fsp3) is 0.294. The number of carbonyl (C=O) groups is 1. The zero-order chi connectivity index (χ0) is 16.3. The Morgan fingerprint density at radius 1 is 1.00 bits per heavy atom. The van der Waals surface area contributed by atoms with E-state index in [0.717, 1.165) is 11.1 Å². The molecule has 0 saturated carbocycles. The van der Waals surface area contributed by atoms with Crippen LogP contribution in [0.3, 0.4) is 0 Å². The number of ketones is 1. The number of pyridine rings is 1. The lowest BCUT2D eigenvalue weighted by atomic mass is 10.0. The second kappa shape index (κ2) is 6.47. The fourth-order valence-electron chi connectivity index (χ4n) is 2.21. The predicted molar refractivity (Wildman–Crippen MR) is 83.2 cm³/mol. The first-order valence-electron chi connectivity index (χ1n) is 6.80. The van der Waals surface area contributed by atoms with Crippen LogP contribution in [0, 0.1) is 13.8 Å². The highest BCUT2D eigenvalue weighted by Crippen LogP contribution is 2.38. The highest BCUT2D eigenvalue weighted by molar-refractivity contribution is 6.09. The molecular formula is C17H19NO4. The fourth-order valence-corrected chi connectivity index (χ4v) is 2.21. The van der Waals surface area contributed by atoms with Gasteiger partial charge in [-0.3, -0.25) is 9.78 Å². The van der Waals surface area contributed by atoms with Crippen LogP contribution in [0.5, 0.6) is 17.2 Å². The molecule has 5 heteroatoms. The minimum atomic E-state index is -0.180. The minimum absolute atomic E-state index is 0.180. The van der Waals surface area contributed by atoms with Crippen molar-refractivity contribution in [1.82, 2.24) is 4.98 Å². The first-order chi connectivity index (χ1) is 10.5. The molecule has 2 rings (SSSR count). The Balaban J connectivity index is 2.57. The lowest BCUT2D eigenvalue weighted by molar-refractivity contribution is 0.103. The molecule has 22 heavy (non-hydrogen) atoms. The molecule has 0 radical (unpaired) electrons. The van der Waals surface area contributed by atoms with Crippen LogP contribution < -0.4 is 14.2 Å². The van der Waals surface area contributed by atoms with Crippen LogP contribution in [0.25, 0.3) is 0 Å². The summed E-state index contributed by atoms with van der Waals surface area (Å²) in [6.45, 7) is 3.83. The van der Waals surface area contributed by atoms with Gasteiger partial charge in [-0.15, -0.1) is 0 Å². The van der Waals surface area contributed by atoms with Gasteiger partial charge in [-0.2, -0.15) is 0 Å². The SMILES string of the molecule is COc1cc(C(=O)c2nccc(C)c2C)cc(OC)c1OC. The second-order valence-electron chi connectivity index (χ2n) is 4.84. The Morgan fingerprint density at radius 2 is 1.59 bits per heavy atom. The Morgan fingerprint density at radius 3 is 2.09 bits per heavy atom. The van der Waals surface area contributed by atoms with E-state index in [1.54, 1.807) is 18.3 Å². The number of aromatic nitrogens is 1. The highest BCUT2D eigenvalue weighted by Gasteiger charge is 2.20. The van der Waals surface area contributed by atoms with E-state index in [1.165, 1.54) is 21.3 Å². The normalized spacial score (nSPS) is 10.2. The predicted octanol–water partition coefficient (Wildman–Crippen LogP) is 2.96. The molecule has 0 atom stereocenters. The van der Waals surface area contributed by atoms with E-state index in [9.17, 15) is 4.79 Å². The molecule has 0 aliphatic heterocycles. The number of aryl methyl sites for hydroxylation is 1. The van der Waals surface area contributed by atoms with E-state index in [-0.39, 0.29) is 5.78 Å². The summed E-state index contributed by atoms with van der Waals surface area (Å²) in [5.41, 5.74) is 2.75. The third-order valence-corrected chi connectivity index (χ3v) is 3.62. The van der Waals surface area contributed by atoms with Crippen molar-refractivity contribution in [2.45, 2.75) is 13.8 Å². The molecule has 0 unspecified atom stereocenters. The second-order valence-corrected chi connectivity index (χ2v) is 4.84. The van der Waals surface area contributed by atoms with Gasteiger partial charge in [0.25, 0.3) is 0 Å². The smallest absolute Gasteiger partial charge is 0.211 e. The maximum Gasteiger partial charge on any atom is 0.211 e. The van der Waals surface area contributed by atoms with Crippen molar-refractivity contribution in [3.63, 3.8) is 0 Å². The van der Waals surface area contributed by atoms with Gasteiger partial charge in [-0.1, -0.05) is 0 Å². The van der Waals surface area contributed by atoms with Crippen LogP contribution in [0.4, 0.5) is 0 Å². The average molecular weight is 301 g/mol. The number of methoxy groups -OCH3 is 3. The molecule has 0 saturated heterocycles. The molecule has 0 amide bonds. The van der Waals surface area contributed by atoms with Crippen LogP contribution in [-0.2, 0) is 0 Å². The standard InChI is InChI=1S/C17H19NO4/c1-10-6-7-18-15(11(10)2)16(19)12-8-13(20-3)17(22-5)14(9-12)21-4/h6-9H,1-5H3. The number of nitrogens with zero attached hydrogens (tertiary/aromatic N) is 1. The molecule has 1 aromatic carbocycles. The molecule has 1 aromatic heterocycles. The molecule has 2 aromatic rings. The quantitative estimate of drug-likeness (QED) is 0.795. The van der Waals surface area contributed by atoms with Crippen LogP contribution in [0.2, 0.25) is 0 Å². The van der Waals surface area contributed by atoms with Crippen molar-refractivity contribution >= 4 is 5.78 Å². The van der Waals surface area contributed by atoms with E-state index in [4.69, 9.17) is 14.2 Å². The third kappa shape index (κ3) is 2.74. The average Bonchev–Trinajstić information content (AvgIpc) is 2.55. The van der Waals surface area contributed by atoms with Crippen LogP contribution in [-0.4, -0.2) is 32.1 Å². The van der Waals surface area contributed by atoms with Crippen molar-refractivity contribution in [2.75, 3.05) is 21.3 Å². The van der Waals surface area contributed by atoms with Gasteiger partial charge in [0.05, 0.1) is 21.3 Å². The Hall–Kier alpha value is -2.56. The lowest BCUT2D eigenvalue weighted by Crippen LogP contribution is -2.08. The minimum Gasteiger partial charge on any atom is -0.493 e. The van der Waals surface area contributed by atoms with Crippen molar-refractivity contribution in [3.8, 4) is 17.2 Å².